The lowest BCUT2D eigenvalue weighted by Gasteiger charge is -2.31. The molecule has 10 heteroatoms. The Morgan fingerprint density at radius 3 is 2.28 bits per heavy atom. The number of benzene rings is 2. The number of carbonyl (C=O) groups is 1. The van der Waals surface area contributed by atoms with Gasteiger partial charge in [-0.25, -0.2) is 21.1 Å². The van der Waals surface area contributed by atoms with E-state index in [2.05, 4.69) is 21.2 Å². The molecule has 0 bridgehead atoms. The van der Waals surface area contributed by atoms with Gasteiger partial charge in [0.25, 0.3) is 0 Å². The van der Waals surface area contributed by atoms with Crippen molar-refractivity contribution in [1.29, 1.82) is 0 Å². The maximum atomic E-state index is 12.8. The lowest BCUT2D eigenvalue weighted by atomic mass is 9.96. The molecule has 7 nitrogen and oxygen atoms in total. The average molecular weight is 544 g/mol. The molecular formula is C22H27BrN2O5S2. The zero-order valence-electron chi connectivity index (χ0n) is 18.0. The van der Waals surface area contributed by atoms with Crippen LogP contribution in [0.1, 0.15) is 36.9 Å². The topological polar surface area (TPSA) is 101 Å². The molecule has 1 unspecified atom stereocenters. The largest absolute Gasteiger partial charge is 0.349 e. The van der Waals surface area contributed by atoms with Crippen molar-refractivity contribution >= 4 is 41.7 Å². The summed E-state index contributed by atoms with van der Waals surface area (Å²) < 4.78 is 51.0. The predicted molar refractivity (Wildman–Crippen MR) is 127 cm³/mol. The van der Waals surface area contributed by atoms with E-state index in [0.717, 1.165) is 21.9 Å². The van der Waals surface area contributed by atoms with E-state index in [0.29, 0.717) is 25.9 Å². The van der Waals surface area contributed by atoms with E-state index < -0.39 is 19.9 Å². The van der Waals surface area contributed by atoms with Gasteiger partial charge in [-0.2, -0.15) is 0 Å². The number of carbonyl (C=O) groups excluding carboxylic acids is 1. The number of nitrogens with one attached hydrogen (secondary N) is 1. The average Bonchev–Trinajstić information content (AvgIpc) is 2.73. The van der Waals surface area contributed by atoms with Crippen LogP contribution in [0.3, 0.4) is 0 Å². The normalized spacial score (nSPS) is 17.1. The second kappa shape index (κ2) is 10.0. The van der Waals surface area contributed by atoms with Crippen LogP contribution in [0.5, 0.6) is 0 Å². The Labute approximate surface area is 198 Å². The number of halogens is 1. The first-order valence-electron chi connectivity index (χ1n) is 10.3. The molecule has 0 spiro atoms. The fourth-order valence-corrected chi connectivity index (χ4v) is 6.37. The van der Waals surface area contributed by atoms with Crippen LogP contribution in [-0.4, -0.2) is 46.4 Å². The molecule has 1 amide bonds. The van der Waals surface area contributed by atoms with E-state index in [1.54, 1.807) is 30.3 Å². The summed E-state index contributed by atoms with van der Waals surface area (Å²) in [5, 5.41) is 2.96. The van der Waals surface area contributed by atoms with Gasteiger partial charge in [-0.1, -0.05) is 40.2 Å². The van der Waals surface area contributed by atoms with Gasteiger partial charge < -0.3 is 5.32 Å². The number of hydrogen-bond donors (Lipinski definition) is 1. The van der Waals surface area contributed by atoms with E-state index in [9.17, 15) is 21.6 Å². The summed E-state index contributed by atoms with van der Waals surface area (Å²) in [5.74, 6) is -0.442. The summed E-state index contributed by atoms with van der Waals surface area (Å²) in [4.78, 5) is 12.9. The van der Waals surface area contributed by atoms with Crippen LogP contribution in [0.25, 0.3) is 0 Å². The summed E-state index contributed by atoms with van der Waals surface area (Å²) in [6.45, 7) is 2.46. The molecule has 1 N–H and O–H groups in total. The van der Waals surface area contributed by atoms with E-state index in [1.807, 2.05) is 13.0 Å². The van der Waals surface area contributed by atoms with Crippen LogP contribution in [-0.2, 0) is 30.4 Å². The van der Waals surface area contributed by atoms with Crippen molar-refractivity contribution in [2.75, 3.05) is 19.3 Å². The van der Waals surface area contributed by atoms with Crippen LogP contribution in [0.4, 0.5) is 0 Å². The number of sulfonamides is 1. The van der Waals surface area contributed by atoms with Crippen LogP contribution < -0.4 is 5.32 Å². The molecule has 32 heavy (non-hydrogen) atoms. The first kappa shape index (κ1) is 24.9. The van der Waals surface area contributed by atoms with Crippen LogP contribution in [0.2, 0.25) is 0 Å². The summed E-state index contributed by atoms with van der Waals surface area (Å²) >= 11 is 3.36. The number of amides is 1. The molecule has 0 aromatic heterocycles. The maximum Gasteiger partial charge on any atom is 0.223 e. The fourth-order valence-electron chi connectivity index (χ4n) is 3.74. The molecule has 174 valence electrons. The zero-order valence-corrected chi connectivity index (χ0v) is 21.2. The van der Waals surface area contributed by atoms with Gasteiger partial charge in [0.1, 0.15) is 0 Å². The lowest BCUT2D eigenvalue weighted by molar-refractivity contribution is -0.126. The quantitative estimate of drug-likeness (QED) is 0.578. The number of rotatable bonds is 7. The van der Waals surface area contributed by atoms with Crippen molar-refractivity contribution in [3.8, 4) is 0 Å². The second-order valence-electron chi connectivity index (χ2n) is 8.13. The third kappa shape index (κ3) is 6.40. The Morgan fingerprint density at radius 2 is 1.72 bits per heavy atom. The Hall–Kier alpha value is -1.75. The van der Waals surface area contributed by atoms with Gasteiger partial charge in [0.2, 0.25) is 15.9 Å². The van der Waals surface area contributed by atoms with E-state index in [4.69, 9.17) is 0 Å². The van der Waals surface area contributed by atoms with Crippen molar-refractivity contribution in [3.05, 3.63) is 64.1 Å². The van der Waals surface area contributed by atoms with Crippen LogP contribution in [0.15, 0.2) is 57.9 Å². The van der Waals surface area contributed by atoms with Crippen molar-refractivity contribution in [3.63, 3.8) is 0 Å². The lowest BCUT2D eigenvalue weighted by Crippen LogP contribution is -2.43. The Kier molecular flexibility index (Phi) is 7.80. The molecule has 0 radical (unpaired) electrons. The monoisotopic (exact) mass is 542 g/mol. The second-order valence-corrected chi connectivity index (χ2v) is 13.0. The van der Waals surface area contributed by atoms with Gasteiger partial charge in [-0.3, -0.25) is 4.79 Å². The summed E-state index contributed by atoms with van der Waals surface area (Å²) in [6.07, 6.45) is 2.07. The molecule has 2 aromatic rings. The molecule has 1 aliphatic heterocycles. The molecule has 1 heterocycles. The highest BCUT2D eigenvalue weighted by molar-refractivity contribution is 9.10. The predicted octanol–water partition coefficient (Wildman–Crippen LogP) is 3.27. The molecule has 1 aliphatic rings. The van der Waals surface area contributed by atoms with Crippen LogP contribution >= 0.6 is 15.9 Å². The van der Waals surface area contributed by atoms with E-state index >= 15 is 0 Å². The van der Waals surface area contributed by atoms with Gasteiger partial charge in [0, 0.05) is 29.7 Å². The maximum absolute atomic E-state index is 12.8. The molecule has 1 atom stereocenters. The molecule has 1 fully saturated rings. The Bertz CT molecular complexity index is 1170. The summed E-state index contributed by atoms with van der Waals surface area (Å²) in [7, 11) is -6.72. The van der Waals surface area contributed by atoms with Crippen molar-refractivity contribution in [2.45, 2.75) is 36.5 Å². The molecule has 1 saturated heterocycles. The number of sulfone groups is 1. The SMILES string of the molecule is CC(NC(=O)C1CCN(S(=O)(=O)Cc2cccc(Br)c2)CC1)c1ccc(S(C)(=O)=O)cc1. The molecule has 0 saturated carbocycles. The highest BCUT2D eigenvalue weighted by Crippen LogP contribution is 2.24. The minimum absolute atomic E-state index is 0.0657. The Morgan fingerprint density at radius 1 is 1.09 bits per heavy atom. The summed E-state index contributed by atoms with van der Waals surface area (Å²) in [6, 6.07) is 13.4. The minimum Gasteiger partial charge on any atom is -0.349 e. The van der Waals surface area contributed by atoms with E-state index in [1.165, 1.54) is 16.4 Å². The highest BCUT2D eigenvalue weighted by Gasteiger charge is 2.31. The number of piperidine rings is 1. The molecule has 0 aliphatic carbocycles. The van der Waals surface area contributed by atoms with Gasteiger partial charge >= 0.3 is 0 Å². The zero-order chi connectivity index (χ0) is 23.5. The fraction of sp³-hybridized carbons (Fsp3) is 0.409. The van der Waals surface area contributed by atoms with E-state index in [-0.39, 0.29) is 28.5 Å². The third-order valence-electron chi connectivity index (χ3n) is 5.62. The van der Waals surface area contributed by atoms with Gasteiger partial charge in [-0.05, 0) is 55.2 Å². The Balaban J connectivity index is 1.54. The van der Waals surface area contributed by atoms with Gasteiger partial charge in [0.15, 0.2) is 9.84 Å². The minimum atomic E-state index is -3.45. The standard InChI is InChI=1S/C22H27BrN2O5S2/c1-16(18-6-8-21(9-7-18)31(2,27)28)24-22(26)19-10-12-25(13-11-19)32(29,30)15-17-4-3-5-20(23)14-17/h3-9,14,16,19H,10-13,15H2,1-2H3,(H,24,26). The van der Waals surface area contributed by atoms with Crippen molar-refractivity contribution in [2.24, 2.45) is 5.92 Å². The smallest absolute Gasteiger partial charge is 0.223 e. The van der Waals surface area contributed by atoms with Gasteiger partial charge in [-0.15, -0.1) is 0 Å². The molecular weight excluding hydrogens is 516 g/mol. The number of hydrogen-bond acceptors (Lipinski definition) is 5. The van der Waals surface area contributed by atoms with Crippen molar-refractivity contribution < 1.29 is 21.6 Å². The third-order valence-corrected chi connectivity index (χ3v) is 9.10. The molecule has 3 rings (SSSR count). The highest BCUT2D eigenvalue weighted by atomic mass is 79.9. The summed E-state index contributed by atoms with van der Waals surface area (Å²) in [5.41, 5.74) is 1.52. The molecule has 2 aromatic carbocycles. The van der Waals surface area contributed by atoms with Crippen molar-refractivity contribution in [1.82, 2.24) is 9.62 Å². The first-order chi connectivity index (χ1) is 15.0. The number of nitrogens with zero attached hydrogens (tertiary/aromatic N) is 1. The first-order valence-corrected chi connectivity index (χ1v) is 14.6. The van der Waals surface area contributed by atoms with Crippen LogP contribution in [0, 0.1) is 5.92 Å². The van der Waals surface area contributed by atoms with Gasteiger partial charge in [0.05, 0.1) is 16.7 Å².